The molecule has 2 N–H and O–H groups in total. The maximum Gasteiger partial charge on any atom is 0.394 e. The van der Waals surface area contributed by atoms with E-state index in [9.17, 15) is 31.5 Å². The molecule has 14 atom stereocenters. The molecule has 12 amide bonds. The first kappa shape index (κ1) is 86.5. The molecule has 0 aromatic heterocycles. The van der Waals surface area contributed by atoms with E-state index in [1.807, 2.05) is 20.8 Å². The van der Waals surface area contributed by atoms with Gasteiger partial charge in [-0.3, -0.25) is 57.5 Å². The smallest absolute Gasteiger partial charge is 0.381 e. The van der Waals surface area contributed by atoms with Gasteiger partial charge in [0, 0.05) is 103 Å². The molecule has 4 heterocycles. The Morgan fingerprint density at radius 3 is 1.95 bits per heavy atom. The monoisotopic (exact) mass is 1530 g/mol. The van der Waals surface area contributed by atoms with Gasteiger partial charge < -0.3 is 69.1 Å². The standard InChI is InChI=1S/C77H121F5N12O14/c1-14-39-108-46-59-65(97)84-63(48(4)15-2)72(104)92-38-21-26-55(92)69(101)88(9)54-25-17-16-20-37-93(71(54)103)58(41-50-31-35-76(78,79)36-32-50)68(100)86(7)45-61(95)83-53(30-28-49-27-29-52(77(80,81)82)60(42-49)107-13)66(98)94-44-47(3)40-57(94)70(102)91(12)75(33-22-34-75)74(106)90(11)64(51-23-18-19-24-51)73(105)89(10)56(67(99)85(5)6)43-62(96)87(59)8/h16-17,47-60,63-64H,14-15,18-46H2,1-13H3,(H,83,95)(H,84,97)/b17-16-/t47-,48-,49?,52?,53-,54-,55-,56-,57-,58-,59-,60?,63-,64-/m0/s1. The maximum atomic E-state index is 15.7. The van der Waals surface area contributed by atoms with Gasteiger partial charge in [0.15, 0.2) is 0 Å². The van der Waals surface area contributed by atoms with Crippen LogP contribution in [0.2, 0.25) is 0 Å². The van der Waals surface area contributed by atoms with Crippen molar-refractivity contribution in [2.24, 2.45) is 35.5 Å². The molecule has 608 valence electrons. The molecule has 3 saturated heterocycles. The summed E-state index contributed by atoms with van der Waals surface area (Å²) in [6, 6.07) is -11.8. The van der Waals surface area contributed by atoms with Crippen LogP contribution in [-0.2, 0) is 67.0 Å². The summed E-state index contributed by atoms with van der Waals surface area (Å²) in [5.74, 6) is -15.1. The summed E-state index contributed by atoms with van der Waals surface area (Å²) in [4.78, 5) is 196. The number of carbonyl (C=O) groups is 12. The molecule has 7 fully saturated rings. The third-order valence-electron chi connectivity index (χ3n) is 25.1. The van der Waals surface area contributed by atoms with Crippen molar-refractivity contribution < 1.29 is 89.0 Å². The van der Waals surface area contributed by atoms with E-state index in [4.69, 9.17) is 9.47 Å². The van der Waals surface area contributed by atoms with Gasteiger partial charge in [-0.15, -0.1) is 0 Å². The second kappa shape index (κ2) is 37.3. The van der Waals surface area contributed by atoms with Gasteiger partial charge in [0.05, 0.1) is 31.6 Å². The molecule has 2 bridgehead atoms. The largest absolute Gasteiger partial charge is 0.394 e. The molecule has 1 spiro atoms. The number of rotatable bonds is 14. The van der Waals surface area contributed by atoms with E-state index < -0.39 is 204 Å². The Morgan fingerprint density at radius 2 is 1.34 bits per heavy atom. The zero-order valence-corrected chi connectivity index (χ0v) is 65.9. The quantitative estimate of drug-likeness (QED) is 0.114. The Balaban J connectivity index is 1.21. The predicted molar refractivity (Wildman–Crippen MR) is 389 cm³/mol. The number of halogens is 5. The van der Waals surface area contributed by atoms with Gasteiger partial charge in [0.2, 0.25) is 76.8 Å². The second-order valence-corrected chi connectivity index (χ2v) is 32.6. The van der Waals surface area contributed by atoms with Crippen LogP contribution in [0.1, 0.15) is 188 Å². The lowest BCUT2D eigenvalue weighted by Gasteiger charge is -2.51. The normalized spacial score (nSPS) is 31.7. The van der Waals surface area contributed by atoms with Gasteiger partial charge in [-0.05, 0) is 152 Å². The Morgan fingerprint density at radius 1 is 0.667 bits per heavy atom. The van der Waals surface area contributed by atoms with Crippen LogP contribution in [0.15, 0.2) is 12.2 Å². The molecule has 4 aliphatic carbocycles. The molecular weight excluding hydrogens is 1410 g/mol. The molecule has 8 aliphatic rings. The van der Waals surface area contributed by atoms with Crippen molar-refractivity contribution in [3.8, 4) is 0 Å². The van der Waals surface area contributed by atoms with Crippen LogP contribution in [-0.4, -0.2) is 301 Å². The van der Waals surface area contributed by atoms with E-state index in [-0.39, 0.29) is 129 Å². The highest BCUT2D eigenvalue weighted by atomic mass is 19.4. The first-order valence-electron chi connectivity index (χ1n) is 39.4. The first-order chi connectivity index (χ1) is 50.9. The number of fused-ring (bicyclic) bond motifs is 4. The average Bonchev–Trinajstić information content (AvgIpc) is 1.13. The van der Waals surface area contributed by atoms with Gasteiger partial charge in [-0.2, -0.15) is 13.2 Å². The molecule has 26 nitrogen and oxygen atoms in total. The molecule has 31 heteroatoms. The van der Waals surface area contributed by atoms with Crippen molar-refractivity contribution >= 4 is 70.9 Å². The van der Waals surface area contributed by atoms with Crippen LogP contribution in [0.3, 0.4) is 0 Å². The Bertz CT molecular complexity index is 3250. The van der Waals surface area contributed by atoms with Crippen molar-refractivity contribution in [2.45, 2.75) is 266 Å². The molecule has 4 saturated carbocycles. The fourth-order valence-electron chi connectivity index (χ4n) is 18.0. The maximum absolute atomic E-state index is 15.7. The highest BCUT2D eigenvalue weighted by Crippen LogP contribution is 2.45. The number of hydrogen-bond acceptors (Lipinski definition) is 14. The fraction of sp³-hybridized carbons (Fsp3) is 0.818. The Labute approximate surface area is 633 Å². The second-order valence-electron chi connectivity index (χ2n) is 32.6. The van der Waals surface area contributed by atoms with Crippen molar-refractivity contribution in [3.63, 3.8) is 0 Å². The first-order valence-corrected chi connectivity index (χ1v) is 39.4. The SMILES string of the molecule is CCCOC[C@H]1C(=O)N[C@@H]([C@@H](C)CC)C(=O)N2CCC[C@H]2C(=O)N(C)[C@H]2C/C=C\CCN(C2=O)[C@@H](CC2CCC(F)(F)CC2)C(=O)N(C)CC(=O)N[C@@H](CCC2CCC(C(F)(F)F)C(OC)C2)C(=O)N2C[C@@H](C)C[C@H]2C(=O)N(C)C2(CCC2)C(=O)N(C)[C@@H](C2CCCC2)C(=O)N(C)[C@H](C(=O)N(C)C)CC(=O)N1C. The molecule has 3 unspecified atom stereocenters. The third-order valence-corrected chi connectivity index (χ3v) is 25.1. The zero-order valence-electron chi connectivity index (χ0n) is 65.9. The number of hydrogen-bond donors (Lipinski definition) is 2. The zero-order chi connectivity index (χ0) is 79.6. The summed E-state index contributed by atoms with van der Waals surface area (Å²) in [7, 11) is 12.6. The number of nitrogens with zero attached hydrogens (tertiary/aromatic N) is 10. The number of methoxy groups -OCH3 is 1. The Kier molecular flexibility index (Phi) is 29.9. The van der Waals surface area contributed by atoms with E-state index in [0.29, 0.717) is 51.4 Å². The molecule has 4 aliphatic heterocycles. The van der Waals surface area contributed by atoms with E-state index in [1.165, 1.54) is 103 Å². The lowest BCUT2D eigenvalue weighted by Crippen LogP contribution is -2.68. The topological polar surface area (TPSA) is 280 Å². The van der Waals surface area contributed by atoms with Crippen LogP contribution in [0, 0.1) is 35.5 Å². The molecule has 0 aromatic carbocycles. The molecule has 8 rings (SSSR count). The third kappa shape index (κ3) is 19.8. The van der Waals surface area contributed by atoms with Crippen LogP contribution in [0.5, 0.6) is 0 Å². The van der Waals surface area contributed by atoms with Gasteiger partial charge in [0.1, 0.15) is 59.9 Å². The van der Waals surface area contributed by atoms with Gasteiger partial charge in [-0.25, -0.2) is 8.78 Å². The minimum Gasteiger partial charge on any atom is -0.381 e. The van der Waals surface area contributed by atoms with E-state index in [2.05, 4.69) is 10.6 Å². The van der Waals surface area contributed by atoms with Gasteiger partial charge in [0.25, 0.3) is 0 Å². The summed E-state index contributed by atoms with van der Waals surface area (Å²) < 4.78 is 84.1. The lowest BCUT2D eigenvalue weighted by molar-refractivity contribution is -0.215. The van der Waals surface area contributed by atoms with Crippen LogP contribution >= 0.6 is 0 Å². The highest BCUT2D eigenvalue weighted by molar-refractivity contribution is 6.01. The summed E-state index contributed by atoms with van der Waals surface area (Å²) in [6.07, 6.45) is 1.01. The van der Waals surface area contributed by atoms with E-state index >= 15 is 47.9 Å². The summed E-state index contributed by atoms with van der Waals surface area (Å²) in [5, 5.41) is 5.75. The minimum absolute atomic E-state index is 0.00531. The number of amides is 12. The summed E-state index contributed by atoms with van der Waals surface area (Å²) >= 11 is 0. The molecule has 108 heavy (non-hydrogen) atoms. The van der Waals surface area contributed by atoms with Crippen LogP contribution in [0.25, 0.3) is 0 Å². The number of ether oxygens (including phenoxy) is 2. The van der Waals surface area contributed by atoms with E-state index in [1.54, 1.807) is 19.1 Å². The van der Waals surface area contributed by atoms with E-state index in [0.717, 1.165) is 9.80 Å². The molecular formula is C77H121F5N12O14. The van der Waals surface area contributed by atoms with Crippen molar-refractivity contribution in [3.05, 3.63) is 12.2 Å². The molecule has 0 radical (unpaired) electrons. The van der Waals surface area contributed by atoms with Crippen LogP contribution in [0.4, 0.5) is 22.0 Å². The number of carbonyl (C=O) groups excluding carboxylic acids is 12. The molecule has 0 aromatic rings. The minimum atomic E-state index is -4.54. The van der Waals surface area contributed by atoms with Crippen molar-refractivity contribution in [2.75, 3.05) is 103 Å². The van der Waals surface area contributed by atoms with Gasteiger partial charge in [-0.1, -0.05) is 59.1 Å². The summed E-state index contributed by atoms with van der Waals surface area (Å²) in [5.41, 5.74) is -1.54. The summed E-state index contributed by atoms with van der Waals surface area (Å²) in [6.45, 7) is 6.39. The Hall–Kier alpha value is -7.05. The van der Waals surface area contributed by atoms with Gasteiger partial charge >= 0.3 is 6.18 Å². The number of likely N-dealkylation sites (N-methyl/N-ethyl adjacent to an activating group) is 7. The van der Waals surface area contributed by atoms with Crippen molar-refractivity contribution in [1.29, 1.82) is 0 Å². The highest BCUT2D eigenvalue weighted by Gasteiger charge is 2.57. The van der Waals surface area contributed by atoms with Crippen molar-refractivity contribution in [1.82, 2.24) is 59.6 Å². The average molecular weight is 1530 g/mol. The van der Waals surface area contributed by atoms with Crippen LogP contribution < -0.4 is 10.6 Å². The fourth-order valence-corrected chi connectivity index (χ4v) is 18.0. The lowest BCUT2D eigenvalue weighted by atomic mass is 9.73. The number of nitrogens with one attached hydrogen (secondary N) is 2. The predicted octanol–water partition coefficient (Wildman–Crippen LogP) is 6.02. The number of alkyl halides is 5.